The van der Waals surface area contributed by atoms with Crippen LogP contribution in [0, 0.1) is 11.8 Å². The number of rotatable bonds is 4. The molecule has 1 aliphatic carbocycles. The van der Waals surface area contributed by atoms with E-state index in [9.17, 15) is 9.59 Å². The summed E-state index contributed by atoms with van der Waals surface area (Å²) in [7, 11) is 0. The number of amides is 1. The Balaban J connectivity index is 1.14. The first-order valence-electron chi connectivity index (χ1n) is 10.3. The lowest BCUT2D eigenvalue weighted by molar-refractivity contribution is 0.143. The van der Waals surface area contributed by atoms with Gasteiger partial charge in [-0.25, -0.2) is 14.6 Å². The molecule has 0 radical (unpaired) electrons. The number of nitrogens with zero attached hydrogens (tertiary/aromatic N) is 1. The molecule has 7 heteroatoms. The van der Waals surface area contributed by atoms with Gasteiger partial charge in [-0.3, -0.25) is 4.98 Å². The van der Waals surface area contributed by atoms with Crippen LogP contribution in [-0.2, 0) is 4.74 Å². The highest BCUT2D eigenvalue weighted by Crippen LogP contribution is 2.44. The molecule has 2 N–H and O–H groups in total. The predicted octanol–water partition coefficient (Wildman–Crippen LogP) is 3.80. The number of nitrogens with one attached hydrogen (secondary N) is 2. The Morgan fingerprint density at radius 3 is 2.59 bits per heavy atom. The highest BCUT2D eigenvalue weighted by atomic mass is 16.5. The fraction of sp³-hybridized carbons (Fsp3) is 0.160. The van der Waals surface area contributed by atoms with Crippen molar-refractivity contribution in [2.45, 2.75) is 12.3 Å². The van der Waals surface area contributed by atoms with Crippen LogP contribution in [0.4, 0.5) is 4.79 Å². The number of ether oxygens (including phenoxy) is 1. The largest absolute Gasteiger partial charge is 0.449 e. The van der Waals surface area contributed by atoms with Gasteiger partial charge < -0.3 is 14.5 Å². The second kappa shape index (κ2) is 8.44. The molecule has 0 bridgehead atoms. The first kappa shape index (κ1) is 19.6. The van der Waals surface area contributed by atoms with Crippen LogP contribution >= 0.6 is 0 Å². The van der Waals surface area contributed by atoms with Gasteiger partial charge in [0.05, 0.1) is 0 Å². The van der Waals surface area contributed by atoms with E-state index in [0.717, 1.165) is 0 Å². The molecule has 32 heavy (non-hydrogen) atoms. The van der Waals surface area contributed by atoms with Crippen LogP contribution in [0.15, 0.2) is 70.0 Å². The second-order valence-corrected chi connectivity index (χ2v) is 7.39. The smallest absolute Gasteiger partial charge is 0.418 e. The number of H-pyrrole nitrogens is 1. The Labute approximate surface area is 183 Å². The van der Waals surface area contributed by atoms with Gasteiger partial charge in [0.2, 0.25) is 0 Å². The third kappa shape index (κ3) is 3.86. The van der Waals surface area contributed by atoms with Gasteiger partial charge in [-0.05, 0) is 22.3 Å². The Bertz CT molecular complexity index is 1380. The lowest BCUT2D eigenvalue weighted by Gasteiger charge is -2.14. The summed E-state index contributed by atoms with van der Waals surface area (Å²) in [6, 6.07) is 18.1. The summed E-state index contributed by atoms with van der Waals surface area (Å²) in [6.45, 7) is 0.637. The van der Waals surface area contributed by atoms with Crippen molar-refractivity contribution >= 4 is 17.3 Å². The second-order valence-electron chi connectivity index (χ2n) is 7.39. The molecule has 158 valence electrons. The minimum Gasteiger partial charge on any atom is -0.449 e. The maximum atomic E-state index is 12.2. The van der Waals surface area contributed by atoms with Crippen LogP contribution in [0.1, 0.15) is 29.0 Å². The molecule has 1 amide bonds. The lowest BCUT2D eigenvalue weighted by Crippen LogP contribution is -2.26. The summed E-state index contributed by atoms with van der Waals surface area (Å²) in [5.74, 6) is 5.38. The van der Waals surface area contributed by atoms with E-state index in [1.807, 2.05) is 24.3 Å². The highest BCUT2D eigenvalue weighted by Gasteiger charge is 2.28. The van der Waals surface area contributed by atoms with Crippen molar-refractivity contribution < 1.29 is 13.9 Å². The van der Waals surface area contributed by atoms with Gasteiger partial charge in [-0.15, -0.1) is 0 Å². The summed E-state index contributed by atoms with van der Waals surface area (Å²) in [5, 5.41) is 2.73. The van der Waals surface area contributed by atoms with Gasteiger partial charge in [0.1, 0.15) is 6.61 Å². The molecule has 0 unspecified atom stereocenters. The van der Waals surface area contributed by atoms with Crippen molar-refractivity contribution in [2.24, 2.45) is 0 Å². The van der Waals surface area contributed by atoms with Crippen LogP contribution in [-0.4, -0.2) is 29.2 Å². The van der Waals surface area contributed by atoms with Gasteiger partial charge in [0.15, 0.2) is 11.2 Å². The van der Waals surface area contributed by atoms with Crippen molar-refractivity contribution in [1.29, 1.82) is 0 Å². The van der Waals surface area contributed by atoms with Gasteiger partial charge in [0, 0.05) is 36.7 Å². The summed E-state index contributed by atoms with van der Waals surface area (Å²) in [4.78, 5) is 29.9. The Morgan fingerprint density at radius 1 is 1.12 bits per heavy atom. The molecule has 2 aromatic carbocycles. The van der Waals surface area contributed by atoms with Gasteiger partial charge in [0.25, 0.3) is 0 Å². The van der Waals surface area contributed by atoms with E-state index in [0.29, 0.717) is 29.8 Å². The Hall–Kier alpha value is -4.31. The number of aromatic nitrogens is 2. The van der Waals surface area contributed by atoms with E-state index in [1.54, 1.807) is 12.3 Å². The number of benzene rings is 2. The van der Waals surface area contributed by atoms with Crippen LogP contribution in [0.5, 0.6) is 0 Å². The number of oxazole rings is 1. The number of pyridine rings is 1. The number of fused-ring (bicyclic) bond motifs is 4. The van der Waals surface area contributed by atoms with Crippen molar-refractivity contribution in [3.63, 3.8) is 0 Å². The molecule has 5 rings (SSSR count). The van der Waals surface area contributed by atoms with Gasteiger partial charge in [-0.1, -0.05) is 60.4 Å². The van der Waals surface area contributed by atoms with Crippen LogP contribution in [0.2, 0.25) is 0 Å². The first-order chi connectivity index (χ1) is 15.7. The average molecular weight is 425 g/mol. The van der Waals surface area contributed by atoms with E-state index in [1.165, 1.54) is 22.3 Å². The molecule has 0 saturated heterocycles. The molecule has 0 saturated carbocycles. The number of aromatic amines is 1. The van der Waals surface area contributed by atoms with Crippen LogP contribution in [0.3, 0.4) is 0 Å². The zero-order chi connectivity index (χ0) is 21.9. The number of carbonyl (C=O) groups excluding carboxylic acids is 1. The number of hydrogen-bond donors (Lipinski definition) is 2. The minimum absolute atomic E-state index is 0.0313. The van der Waals surface area contributed by atoms with E-state index >= 15 is 0 Å². The molecule has 0 spiro atoms. The van der Waals surface area contributed by atoms with E-state index in [4.69, 9.17) is 9.15 Å². The average Bonchev–Trinajstić information content (AvgIpc) is 3.34. The van der Waals surface area contributed by atoms with Crippen molar-refractivity contribution in [2.75, 3.05) is 13.2 Å². The van der Waals surface area contributed by atoms with Crippen molar-refractivity contribution in [1.82, 2.24) is 15.3 Å². The zero-order valence-corrected chi connectivity index (χ0v) is 17.1. The molecule has 1 aliphatic rings. The molecule has 2 aromatic heterocycles. The maximum absolute atomic E-state index is 12.2. The summed E-state index contributed by atoms with van der Waals surface area (Å²) in [6.07, 6.45) is 1.53. The fourth-order valence-electron chi connectivity index (χ4n) is 3.95. The normalized spacial score (nSPS) is 12.0. The summed E-state index contributed by atoms with van der Waals surface area (Å²) >= 11 is 0. The molecule has 0 aliphatic heterocycles. The van der Waals surface area contributed by atoms with Gasteiger partial charge >= 0.3 is 11.8 Å². The molecular formula is C25H19N3O4. The first-order valence-corrected chi connectivity index (χ1v) is 10.3. The molecular weight excluding hydrogens is 406 g/mol. The third-order valence-corrected chi connectivity index (χ3v) is 5.37. The zero-order valence-electron chi connectivity index (χ0n) is 17.1. The predicted molar refractivity (Wildman–Crippen MR) is 119 cm³/mol. The molecule has 4 aromatic rings. The number of alkyl carbamates (subject to hydrolysis) is 1. The van der Waals surface area contributed by atoms with E-state index < -0.39 is 11.8 Å². The van der Waals surface area contributed by atoms with Crippen molar-refractivity contribution in [3.8, 4) is 23.0 Å². The highest BCUT2D eigenvalue weighted by molar-refractivity contribution is 5.79. The van der Waals surface area contributed by atoms with Gasteiger partial charge in [-0.2, -0.15) is 0 Å². The lowest BCUT2D eigenvalue weighted by atomic mass is 9.98. The number of carbonyl (C=O) groups is 1. The quantitative estimate of drug-likeness (QED) is 0.383. The van der Waals surface area contributed by atoms with E-state index in [2.05, 4.69) is 51.4 Å². The monoisotopic (exact) mass is 425 g/mol. The van der Waals surface area contributed by atoms with Crippen LogP contribution in [0.25, 0.3) is 22.4 Å². The molecule has 0 fully saturated rings. The SMILES string of the molecule is O=C(NCCC#Cc1cnc2[nH]c(=O)oc2c1)OCC1c2ccccc2-c2ccccc21. The maximum Gasteiger partial charge on any atom is 0.418 e. The minimum atomic E-state index is -0.551. The molecule has 2 heterocycles. The van der Waals surface area contributed by atoms with E-state index in [-0.39, 0.29) is 12.5 Å². The molecule has 7 nitrogen and oxygen atoms in total. The Morgan fingerprint density at radius 2 is 1.84 bits per heavy atom. The fourth-order valence-corrected chi connectivity index (χ4v) is 3.95. The van der Waals surface area contributed by atoms with Crippen molar-refractivity contribution in [3.05, 3.63) is 88.0 Å². The molecule has 0 atom stereocenters. The summed E-state index contributed by atoms with van der Waals surface area (Å²) in [5.41, 5.74) is 6.11. The standard InChI is InChI=1S/C25H19N3O4/c29-24(26-12-6-5-7-16-13-22-23(27-14-16)28-25(30)32-22)31-15-21-19-10-3-1-8-17(19)18-9-2-4-11-20(18)21/h1-4,8-11,13-14,21H,6,12,15H2,(H,26,29)(H,27,28,30). The Kier molecular flexibility index (Phi) is 5.18. The topological polar surface area (TPSA) is 97.2 Å². The number of hydrogen-bond acceptors (Lipinski definition) is 5. The third-order valence-electron chi connectivity index (χ3n) is 5.37. The summed E-state index contributed by atoms with van der Waals surface area (Å²) < 4.78 is 10.5. The van der Waals surface area contributed by atoms with Crippen LogP contribution < -0.4 is 11.1 Å².